The van der Waals surface area contributed by atoms with Crippen LogP contribution in [0.3, 0.4) is 0 Å². The molecule has 3 unspecified atom stereocenters. The molecule has 4 N–H and O–H groups in total. The van der Waals surface area contributed by atoms with E-state index in [9.17, 15) is 28.8 Å². The summed E-state index contributed by atoms with van der Waals surface area (Å²) in [5.74, 6) is -2.55. The first-order chi connectivity index (χ1) is 28.8. The van der Waals surface area contributed by atoms with Crippen molar-refractivity contribution in [3.63, 3.8) is 0 Å². The number of hydrogen-bond acceptors (Lipinski definition) is 9. The van der Waals surface area contributed by atoms with Crippen molar-refractivity contribution in [3.05, 3.63) is 107 Å². The number of benzene rings is 4. The molecule has 5 rings (SSSR count). The zero-order valence-electron chi connectivity index (χ0n) is 34.9. The number of hydrogen-bond donors (Lipinski definition) is 4. The summed E-state index contributed by atoms with van der Waals surface area (Å²) in [5, 5.41) is 10.6. The van der Waals surface area contributed by atoms with Crippen molar-refractivity contribution in [1.82, 2.24) is 26.2 Å². The molecular formula is C46H53N5O9. The Morgan fingerprint density at radius 3 is 2.12 bits per heavy atom. The predicted octanol–water partition coefficient (Wildman–Crippen LogP) is 4.53. The van der Waals surface area contributed by atoms with Crippen LogP contribution in [0.4, 0.5) is 0 Å². The van der Waals surface area contributed by atoms with E-state index in [0.29, 0.717) is 39.3 Å². The molecule has 14 heteroatoms. The van der Waals surface area contributed by atoms with Gasteiger partial charge in [0.25, 0.3) is 5.91 Å². The van der Waals surface area contributed by atoms with Crippen LogP contribution in [0.25, 0.3) is 22.3 Å². The summed E-state index contributed by atoms with van der Waals surface area (Å²) in [6, 6.07) is 23.0. The molecule has 1 heterocycles. The Morgan fingerprint density at radius 2 is 1.48 bits per heavy atom. The molecule has 0 saturated heterocycles. The minimum Gasteiger partial charge on any atom is -0.496 e. The standard InChI is InChI=1S/C46H53N5O9/c1-7-8-9-29-10-13-31(14-11-29)32-15-17-33(18-16-32)44(55)49-28(2)22-40(52)47-27-42(54)51(3)43-34-19-21-39(59-5)36(25-34)35-23-30(12-20-38(35)58-4)24-37(46(57)60-6)50-41(53)26-48-45(43)56/h10-21,23,25,28,37,43H,7-9,22,24,26-27H2,1-6H3,(H,47,52)(H,48,56)(H,49,55)(H,50,53). The van der Waals surface area contributed by atoms with Gasteiger partial charge >= 0.3 is 5.97 Å². The van der Waals surface area contributed by atoms with Crippen LogP contribution in [0, 0.1) is 0 Å². The van der Waals surface area contributed by atoms with Gasteiger partial charge in [-0.15, -0.1) is 0 Å². The number of fused-ring (bicyclic) bond motifs is 5. The zero-order chi connectivity index (χ0) is 43.3. The molecule has 316 valence electrons. The van der Waals surface area contributed by atoms with E-state index in [1.165, 1.54) is 38.8 Å². The highest BCUT2D eigenvalue weighted by Gasteiger charge is 2.32. The molecule has 4 bridgehead atoms. The quantitative estimate of drug-likeness (QED) is 0.133. The molecule has 3 atom stereocenters. The molecule has 14 nitrogen and oxygen atoms in total. The number of methoxy groups -OCH3 is 3. The van der Waals surface area contributed by atoms with Crippen molar-refractivity contribution >= 4 is 35.5 Å². The van der Waals surface area contributed by atoms with Gasteiger partial charge in [-0.3, -0.25) is 24.0 Å². The smallest absolute Gasteiger partial charge is 0.328 e. The second kappa shape index (κ2) is 20.8. The van der Waals surface area contributed by atoms with Crippen LogP contribution in [0.5, 0.6) is 11.5 Å². The number of carbonyl (C=O) groups is 6. The Balaban J connectivity index is 1.26. The van der Waals surface area contributed by atoms with E-state index >= 15 is 0 Å². The van der Waals surface area contributed by atoms with Crippen molar-refractivity contribution in [2.24, 2.45) is 0 Å². The fraction of sp³-hybridized carbons (Fsp3) is 0.348. The Morgan fingerprint density at radius 1 is 0.850 bits per heavy atom. The molecule has 0 saturated carbocycles. The van der Waals surface area contributed by atoms with Crippen molar-refractivity contribution in [3.8, 4) is 33.8 Å². The van der Waals surface area contributed by atoms with Gasteiger partial charge in [-0.05, 0) is 84.0 Å². The molecule has 0 aromatic heterocycles. The lowest BCUT2D eigenvalue weighted by Gasteiger charge is -2.29. The van der Waals surface area contributed by atoms with E-state index in [-0.39, 0.29) is 18.7 Å². The van der Waals surface area contributed by atoms with Gasteiger partial charge in [-0.2, -0.15) is 0 Å². The highest BCUT2D eigenvalue weighted by atomic mass is 16.5. The third-order valence-corrected chi connectivity index (χ3v) is 10.4. The Bertz CT molecular complexity index is 2190. The van der Waals surface area contributed by atoms with Crippen LogP contribution in [0.2, 0.25) is 0 Å². The van der Waals surface area contributed by atoms with E-state index in [4.69, 9.17) is 14.2 Å². The van der Waals surface area contributed by atoms with Gasteiger partial charge in [0, 0.05) is 42.6 Å². The number of likely N-dealkylation sites (N-methyl/N-ethyl adjacent to an activating group) is 1. The highest BCUT2D eigenvalue weighted by Crippen LogP contribution is 2.39. The number of nitrogens with zero attached hydrogens (tertiary/aromatic N) is 1. The number of amides is 5. The summed E-state index contributed by atoms with van der Waals surface area (Å²) in [5.41, 5.74) is 5.94. The first-order valence-corrected chi connectivity index (χ1v) is 19.9. The lowest BCUT2D eigenvalue weighted by Crippen LogP contribution is -2.50. The summed E-state index contributed by atoms with van der Waals surface area (Å²) in [6.45, 7) is 2.90. The van der Waals surface area contributed by atoms with Gasteiger partial charge in [-0.25, -0.2) is 4.79 Å². The number of rotatable bonds is 14. The summed E-state index contributed by atoms with van der Waals surface area (Å²) in [7, 11) is 5.63. The number of ether oxygens (including phenoxy) is 3. The van der Waals surface area contributed by atoms with Crippen LogP contribution in [-0.4, -0.2) is 94.0 Å². The molecule has 1 aliphatic rings. The summed E-state index contributed by atoms with van der Waals surface area (Å²) < 4.78 is 16.3. The average Bonchev–Trinajstić information content (AvgIpc) is 3.26. The maximum Gasteiger partial charge on any atom is 0.328 e. The number of carbonyl (C=O) groups excluding carboxylic acids is 6. The maximum atomic E-state index is 13.9. The van der Waals surface area contributed by atoms with Crippen molar-refractivity contribution in [1.29, 1.82) is 0 Å². The number of esters is 1. The average molecular weight is 820 g/mol. The van der Waals surface area contributed by atoms with E-state index in [2.05, 4.69) is 52.5 Å². The molecule has 0 aliphatic carbocycles. The third kappa shape index (κ3) is 11.3. The molecule has 4 aromatic rings. The Labute approximate surface area is 350 Å². The number of nitrogens with one attached hydrogen (secondary N) is 4. The highest BCUT2D eigenvalue weighted by molar-refractivity contribution is 5.96. The topological polar surface area (TPSA) is 181 Å². The van der Waals surface area contributed by atoms with E-state index < -0.39 is 60.8 Å². The molecule has 5 amide bonds. The second-order valence-corrected chi connectivity index (χ2v) is 14.7. The number of aryl methyl sites for hydroxylation is 1. The molecule has 0 radical (unpaired) electrons. The first-order valence-electron chi connectivity index (χ1n) is 19.9. The fourth-order valence-corrected chi connectivity index (χ4v) is 7.04. The third-order valence-electron chi connectivity index (χ3n) is 10.4. The number of unbranched alkanes of at least 4 members (excludes halogenated alkanes) is 1. The van der Waals surface area contributed by atoms with Crippen molar-refractivity contribution < 1.29 is 43.0 Å². The largest absolute Gasteiger partial charge is 0.496 e. The minimum atomic E-state index is -1.27. The maximum absolute atomic E-state index is 13.9. The monoisotopic (exact) mass is 819 g/mol. The predicted molar refractivity (Wildman–Crippen MR) is 226 cm³/mol. The van der Waals surface area contributed by atoms with Crippen LogP contribution >= 0.6 is 0 Å². The van der Waals surface area contributed by atoms with Gasteiger partial charge in [0.05, 0.1) is 34.4 Å². The van der Waals surface area contributed by atoms with Crippen LogP contribution < -0.4 is 30.7 Å². The van der Waals surface area contributed by atoms with Crippen LogP contribution in [-0.2, 0) is 41.6 Å². The SMILES string of the molecule is CCCCc1ccc(-c2ccc(C(=O)NC(C)CC(=O)NCC(=O)N(C)C3C(=O)NCC(=O)NC(C(=O)OC)Cc4ccc(OC)c(c4)-c4cc3ccc4OC)cc2)cc1. The molecule has 4 aromatic carbocycles. The molecule has 0 fully saturated rings. The summed E-state index contributed by atoms with van der Waals surface area (Å²) in [6.07, 6.45) is 3.31. The summed E-state index contributed by atoms with van der Waals surface area (Å²) >= 11 is 0. The van der Waals surface area contributed by atoms with Gasteiger partial charge in [0.15, 0.2) is 0 Å². The van der Waals surface area contributed by atoms with E-state index in [1.54, 1.807) is 55.5 Å². The lowest BCUT2D eigenvalue weighted by atomic mass is 9.94. The van der Waals surface area contributed by atoms with Gasteiger partial charge in [0.2, 0.25) is 23.6 Å². The van der Waals surface area contributed by atoms with Crippen molar-refractivity contribution in [2.45, 2.75) is 64.1 Å². The molecule has 1 aliphatic heterocycles. The van der Waals surface area contributed by atoms with Crippen LogP contribution in [0.15, 0.2) is 84.9 Å². The Hall–Kier alpha value is -6.70. The zero-order valence-corrected chi connectivity index (χ0v) is 34.9. The second-order valence-electron chi connectivity index (χ2n) is 14.7. The van der Waals surface area contributed by atoms with E-state index in [1.807, 2.05) is 12.1 Å². The van der Waals surface area contributed by atoms with Gasteiger partial charge < -0.3 is 40.4 Å². The van der Waals surface area contributed by atoms with E-state index in [0.717, 1.165) is 30.4 Å². The molecule has 60 heavy (non-hydrogen) atoms. The fourth-order valence-electron chi connectivity index (χ4n) is 7.04. The molecule has 0 spiro atoms. The first kappa shape index (κ1) is 44.4. The van der Waals surface area contributed by atoms with Crippen LogP contribution in [0.1, 0.15) is 66.2 Å². The summed E-state index contributed by atoms with van der Waals surface area (Å²) in [4.78, 5) is 80.5. The lowest BCUT2D eigenvalue weighted by molar-refractivity contribution is -0.145. The Kier molecular flexibility index (Phi) is 15.4. The van der Waals surface area contributed by atoms with Crippen molar-refractivity contribution in [2.75, 3.05) is 41.5 Å². The van der Waals surface area contributed by atoms with Gasteiger partial charge in [-0.1, -0.05) is 61.9 Å². The van der Waals surface area contributed by atoms with Gasteiger partial charge in [0.1, 0.15) is 23.6 Å². The minimum absolute atomic E-state index is 0.0883. The normalized spacial score (nSPS) is 15.6. The molecular weight excluding hydrogens is 767 g/mol.